The van der Waals surface area contributed by atoms with Crippen LogP contribution in [-0.2, 0) is 9.53 Å². The third-order valence-electron chi connectivity index (χ3n) is 3.83. The standard InChI is InChI=1S/C18H18ClN3O2/c1-2-18(23)22-7-8-24-12-16(22)13-9-14(19)11-15(10-13)21-17-5-3-4-6-20-17/h2-6,9-11,16H,1,7-8,12H2,(H,20,21). The van der Waals surface area contributed by atoms with E-state index < -0.39 is 0 Å². The van der Waals surface area contributed by atoms with Crippen molar-refractivity contribution in [1.82, 2.24) is 9.88 Å². The van der Waals surface area contributed by atoms with Crippen molar-refractivity contribution in [3.8, 4) is 0 Å². The molecule has 6 heteroatoms. The number of amides is 1. The van der Waals surface area contributed by atoms with E-state index in [2.05, 4.69) is 16.9 Å². The van der Waals surface area contributed by atoms with E-state index in [-0.39, 0.29) is 11.9 Å². The number of rotatable bonds is 4. The average molecular weight is 344 g/mol. The van der Waals surface area contributed by atoms with Gasteiger partial charge in [-0.15, -0.1) is 0 Å². The maximum atomic E-state index is 12.1. The number of morpholine rings is 1. The van der Waals surface area contributed by atoms with Gasteiger partial charge in [0, 0.05) is 23.5 Å². The van der Waals surface area contributed by atoms with E-state index in [1.807, 2.05) is 36.4 Å². The third kappa shape index (κ3) is 3.75. The van der Waals surface area contributed by atoms with Crippen LogP contribution >= 0.6 is 11.6 Å². The van der Waals surface area contributed by atoms with Gasteiger partial charge in [-0.3, -0.25) is 4.79 Å². The number of anilines is 2. The number of benzene rings is 1. The highest BCUT2D eigenvalue weighted by atomic mass is 35.5. The van der Waals surface area contributed by atoms with Crippen molar-refractivity contribution in [1.29, 1.82) is 0 Å². The number of pyridine rings is 1. The number of aromatic nitrogens is 1. The maximum Gasteiger partial charge on any atom is 0.246 e. The first-order chi connectivity index (χ1) is 11.7. The predicted octanol–water partition coefficient (Wildman–Crippen LogP) is 3.56. The number of nitrogens with zero attached hydrogens (tertiary/aromatic N) is 2. The summed E-state index contributed by atoms with van der Waals surface area (Å²) in [5.41, 5.74) is 1.73. The second-order valence-corrected chi connectivity index (χ2v) is 5.88. The second kappa shape index (κ2) is 7.47. The Bertz CT molecular complexity index is 736. The lowest BCUT2D eigenvalue weighted by atomic mass is 10.0. The van der Waals surface area contributed by atoms with Gasteiger partial charge < -0.3 is 15.0 Å². The summed E-state index contributed by atoms with van der Waals surface area (Å²) < 4.78 is 5.56. The van der Waals surface area contributed by atoms with Gasteiger partial charge in [0.2, 0.25) is 5.91 Å². The molecule has 0 saturated carbocycles. The Labute approximate surface area is 145 Å². The highest BCUT2D eigenvalue weighted by Gasteiger charge is 2.27. The van der Waals surface area contributed by atoms with Gasteiger partial charge in [-0.2, -0.15) is 0 Å². The first-order valence-electron chi connectivity index (χ1n) is 7.66. The monoisotopic (exact) mass is 343 g/mol. The molecule has 0 bridgehead atoms. The summed E-state index contributed by atoms with van der Waals surface area (Å²) in [5, 5.41) is 3.81. The molecule has 1 aliphatic rings. The van der Waals surface area contributed by atoms with Crippen molar-refractivity contribution in [3.05, 3.63) is 65.8 Å². The molecular weight excluding hydrogens is 326 g/mol. The summed E-state index contributed by atoms with van der Waals surface area (Å²) in [5.74, 6) is 0.618. The molecular formula is C18H18ClN3O2. The molecule has 1 aromatic carbocycles. The summed E-state index contributed by atoms with van der Waals surface area (Å²) in [6.45, 7) is 5.07. The van der Waals surface area contributed by atoms with Crippen molar-refractivity contribution in [2.75, 3.05) is 25.1 Å². The van der Waals surface area contributed by atoms with Crippen molar-refractivity contribution < 1.29 is 9.53 Å². The Kier molecular flexibility index (Phi) is 5.13. The third-order valence-corrected chi connectivity index (χ3v) is 4.05. The number of carbonyl (C=O) groups is 1. The van der Waals surface area contributed by atoms with Crippen LogP contribution in [0.5, 0.6) is 0 Å². The summed E-state index contributed by atoms with van der Waals surface area (Å²) in [7, 11) is 0. The smallest absolute Gasteiger partial charge is 0.246 e. The molecule has 1 amide bonds. The Morgan fingerprint density at radius 3 is 3.04 bits per heavy atom. The van der Waals surface area contributed by atoms with Crippen molar-refractivity contribution in [2.24, 2.45) is 0 Å². The molecule has 5 nitrogen and oxygen atoms in total. The Morgan fingerprint density at radius 1 is 1.42 bits per heavy atom. The van der Waals surface area contributed by atoms with E-state index in [0.29, 0.717) is 24.8 Å². The normalized spacial score (nSPS) is 17.4. The molecule has 124 valence electrons. The van der Waals surface area contributed by atoms with Crippen molar-refractivity contribution in [3.63, 3.8) is 0 Å². The molecule has 3 rings (SSSR count). The average Bonchev–Trinajstić information content (AvgIpc) is 2.61. The van der Waals surface area contributed by atoms with Crippen molar-refractivity contribution >= 4 is 29.0 Å². The van der Waals surface area contributed by atoms with Gasteiger partial charge in [-0.05, 0) is 42.0 Å². The van der Waals surface area contributed by atoms with Crippen LogP contribution in [0.4, 0.5) is 11.5 Å². The second-order valence-electron chi connectivity index (χ2n) is 5.44. The Balaban J connectivity index is 1.89. The van der Waals surface area contributed by atoms with Gasteiger partial charge in [-0.25, -0.2) is 4.98 Å². The van der Waals surface area contributed by atoms with Crippen LogP contribution in [-0.4, -0.2) is 35.5 Å². The predicted molar refractivity (Wildman–Crippen MR) is 94.4 cm³/mol. The first-order valence-corrected chi connectivity index (χ1v) is 8.04. The number of carbonyl (C=O) groups excluding carboxylic acids is 1. The molecule has 0 spiro atoms. The van der Waals surface area contributed by atoms with Crippen molar-refractivity contribution in [2.45, 2.75) is 6.04 Å². The lowest BCUT2D eigenvalue weighted by Gasteiger charge is -2.35. The summed E-state index contributed by atoms with van der Waals surface area (Å²) in [6, 6.07) is 11.1. The summed E-state index contributed by atoms with van der Waals surface area (Å²) >= 11 is 6.27. The molecule has 1 atom stereocenters. The zero-order chi connectivity index (χ0) is 16.9. The van der Waals surface area contributed by atoms with E-state index in [1.54, 1.807) is 11.1 Å². The van der Waals surface area contributed by atoms with E-state index in [1.165, 1.54) is 6.08 Å². The topological polar surface area (TPSA) is 54.5 Å². The van der Waals surface area contributed by atoms with Crippen LogP contribution < -0.4 is 5.32 Å². The number of ether oxygens (including phenoxy) is 1. The van der Waals surface area contributed by atoms with Crippen LogP contribution in [0.2, 0.25) is 5.02 Å². The minimum Gasteiger partial charge on any atom is -0.377 e. The highest BCUT2D eigenvalue weighted by Crippen LogP contribution is 2.30. The molecule has 1 aliphatic heterocycles. The molecule has 24 heavy (non-hydrogen) atoms. The summed E-state index contributed by atoms with van der Waals surface area (Å²) in [4.78, 5) is 18.1. The molecule has 1 N–H and O–H groups in total. The van der Waals surface area contributed by atoms with Gasteiger partial charge >= 0.3 is 0 Å². The quantitative estimate of drug-likeness (QED) is 0.862. The highest BCUT2D eigenvalue weighted by molar-refractivity contribution is 6.31. The SMILES string of the molecule is C=CC(=O)N1CCOCC1c1cc(Cl)cc(Nc2ccccn2)c1. The first kappa shape index (κ1) is 16.5. The molecule has 1 saturated heterocycles. The van der Waals surface area contributed by atoms with Gasteiger partial charge in [0.25, 0.3) is 0 Å². The molecule has 1 aromatic heterocycles. The van der Waals surface area contributed by atoms with Crippen LogP contribution in [0.15, 0.2) is 55.3 Å². The molecule has 0 aliphatic carbocycles. The molecule has 0 radical (unpaired) electrons. The number of halogens is 1. The fourth-order valence-electron chi connectivity index (χ4n) is 2.72. The van der Waals surface area contributed by atoms with E-state index in [4.69, 9.17) is 16.3 Å². The van der Waals surface area contributed by atoms with Crippen LogP contribution in [0, 0.1) is 0 Å². The minimum absolute atomic E-state index is 0.109. The zero-order valence-electron chi connectivity index (χ0n) is 13.1. The van der Waals surface area contributed by atoms with E-state index in [9.17, 15) is 4.79 Å². The fourth-order valence-corrected chi connectivity index (χ4v) is 2.97. The summed E-state index contributed by atoms with van der Waals surface area (Å²) in [6.07, 6.45) is 3.04. The molecule has 2 aromatic rings. The Hall–Kier alpha value is -2.37. The molecule has 1 unspecified atom stereocenters. The van der Waals surface area contributed by atoms with Crippen LogP contribution in [0.25, 0.3) is 0 Å². The van der Waals surface area contributed by atoms with Gasteiger partial charge in [0.15, 0.2) is 0 Å². The Morgan fingerprint density at radius 2 is 2.29 bits per heavy atom. The number of hydrogen-bond acceptors (Lipinski definition) is 4. The van der Waals surface area contributed by atoms with E-state index in [0.717, 1.165) is 17.1 Å². The largest absolute Gasteiger partial charge is 0.377 e. The number of hydrogen-bond donors (Lipinski definition) is 1. The van der Waals surface area contributed by atoms with Crippen LogP contribution in [0.3, 0.4) is 0 Å². The van der Waals surface area contributed by atoms with Gasteiger partial charge in [-0.1, -0.05) is 24.2 Å². The molecule has 1 fully saturated rings. The fraction of sp³-hybridized carbons (Fsp3) is 0.222. The van der Waals surface area contributed by atoms with E-state index >= 15 is 0 Å². The van der Waals surface area contributed by atoms with Gasteiger partial charge in [0.05, 0.1) is 19.3 Å². The van der Waals surface area contributed by atoms with Crippen LogP contribution in [0.1, 0.15) is 11.6 Å². The lowest BCUT2D eigenvalue weighted by molar-refractivity contribution is -0.134. The zero-order valence-corrected chi connectivity index (χ0v) is 13.9. The molecule has 2 heterocycles. The maximum absolute atomic E-state index is 12.1. The van der Waals surface area contributed by atoms with Gasteiger partial charge in [0.1, 0.15) is 5.82 Å². The lowest BCUT2D eigenvalue weighted by Crippen LogP contribution is -2.42. The number of nitrogens with one attached hydrogen (secondary N) is 1. The minimum atomic E-state index is -0.188.